The summed E-state index contributed by atoms with van der Waals surface area (Å²) >= 11 is 9.76. The normalized spacial score (nSPS) is 14.4. The lowest BCUT2D eigenvalue weighted by Crippen LogP contribution is -2.05. The van der Waals surface area contributed by atoms with Gasteiger partial charge in [-0.05, 0) is 42.0 Å². The molecular formula is C20H16ClNO3S2. The van der Waals surface area contributed by atoms with Crippen LogP contribution >= 0.6 is 35.1 Å². The molecule has 0 N–H and O–H groups in total. The van der Waals surface area contributed by atoms with Gasteiger partial charge >= 0.3 is 5.97 Å². The summed E-state index contributed by atoms with van der Waals surface area (Å²) in [5.74, 6) is 2.91. The second kappa shape index (κ2) is 8.42. The van der Waals surface area contributed by atoms with Crippen LogP contribution in [0.5, 0.6) is 0 Å². The summed E-state index contributed by atoms with van der Waals surface area (Å²) in [4.78, 5) is 16.4. The number of thioether (sulfide) groups is 2. The van der Waals surface area contributed by atoms with Gasteiger partial charge in [-0.25, -0.2) is 9.78 Å². The van der Waals surface area contributed by atoms with E-state index < -0.39 is 0 Å². The van der Waals surface area contributed by atoms with Gasteiger partial charge in [0.05, 0.1) is 16.3 Å². The Bertz CT molecular complexity index is 919. The average molecular weight is 418 g/mol. The molecule has 4 nitrogen and oxygen atoms in total. The molecule has 0 aliphatic carbocycles. The van der Waals surface area contributed by atoms with Crippen molar-refractivity contribution in [2.24, 2.45) is 0 Å². The molecule has 1 aliphatic rings. The summed E-state index contributed by atoms with van der Waals surface area (Å²) in [6.45, 7) is -0.0114. The Morgan fingerprint density at radius 1 is 1.11 bits per heavy atom. The van der Waals surface area contributed by atoms with E-state index in [1.807, 2.05) is 59.9 Å². The van der Waals surface area contributed by atoms with Crippen LogP contribution in [0, 0.1) is 0 Å². The molecule has 1 aliphatic heterocycles. The second-order valence-electron chi connectivity index (χ2n) is 5.90. The van der Waals surface area contributed by atoms with E-state index in [0.717, 1.165) is 5.56 Å². The van der Waals surface area contributed by atoms with E-state index in [2.05, 4.69) is 4.98 Å². The quantitative estimate of drug-likeness (QED) is 0.487. The average Bonchev–Trinajstić information content (AvgIpc) is 3.39. The van der Waals surface area contributed by atoms with Gasteiger partial charge in [-0.1, -0.05) is 23.7 Å². The highest BCUT2D eigenvalue weighted by molar-refractivity contribution is 8.19. The van der Waals surface area contributed by atoms with E-state index in [0.29, 0.717) is 26.8 Å². The summed E-state index contributed by atoms with van der Waals surface area (Å²) < 4.78 is 11.4. The number of carbonyl (C=O) groups excluding carboxylic acids is 1. The highest BCUT2D eigenvalue weighted by Crippen LogP contribution is 2.45. The third kappa shape index (κ3) is 4.51. The van der Waals surface area contributed by atoms with Crippen LogP contribution in [0.1, 0.15) is 26.4 Å². The van der Waals surface area contributed by atoms with Crippen molar-refractivity contribution in [1.29, 1.82) is 0 Å². The molecule has 27 heavy (non-hydrogen) atoms. The first-order valence-corrected chi connectivity index (χ1v) is 10.9. The Morgan fingerprint density at radius 2 is 1.81 bits per heavy atom. The Hall–Kier alpha value is -1.89. The standard InChI is InChI=1S/C20H16ClNO3S2/c21-16-7-5-13(6-8-16)17-11-22-18(25-17)12-24-19(23)14-1-3-15(4-2-14)20-26-9-10-27-20/h1-8,11,20H,9-10,12H2. The molecule has 0 bridgehead atoms. The fourth-order valence-electron chi connectivity index (χ4n) is 2.66. The fourth-order valence-corrected chi connectivity index (χ4v) is 5.65. The van der Waals surface area contributed by atoms with Crippen LogP contribution in [0.2, 0.25) is 5.02 Å². The fraction of sp³-hybridized carbons (Fsp3) is 0.200. The SMILES string of the molecule is O=C(OCc1ncc(-c2ccc(Cl)cc2)o1)c1ccc(C2SCCS2)cc1. The number of oxazole rings is 1. The lowest BCUT2D eigenvalue weighted by molar-refractivity contribution is 0.0439. The first-order valence-electron chi connectivity index (χ1n) is 8.40. The maximum atomic E-state index is 12.2. The van der Waals surface area contributed by atoms with Gasteiger partial charge in [0.25, 0.3) is 0 Å². The van der Waals surface area contributed by atoms with E-state index in [9.17, 15) is 4.79 Å². The first kappa shape index (κ1) is 18.5. The van der Waals surface area contributed by atoms with E-state index in [1.54, 1.807) is 18.3 Å². The van der Waals surface area contributed by atoms with Gasteiger partial charge in [0.15, 0.2) is 12.4 Å². The Kier molecular flexibility index (Phi) is 5.76. The van der Waals surface area contributed by atoms with Crippen molar-refractivity contribution >= 4 is 41.1 Å². The predicted octanol–water partition coefficient (Wildman–Crippen LogP) is 5.83. The van der Waals surface area contributed by atoms with E-state index in [-0.39, 0.29) is 12.6 Å². The summed E-state index contributed by atoms with van der Waals surface area (Å²) in [6, 6.07) is 14.9. The molecule has 0 spiro atoms. The van der Waals surface area contributed by atoms with Crippen LogP contribution in [-0.2, 0) is 11.3 Å². The van der Waals surface area contributed by atoms with Crippen molar-refractivity contribution in [3.63, 3.8) is 0 Å². The van der Waals surface area contributed by atoms with Crippen molar-refractivity contribution < 1.29 is 13.9 Å². The van der Waals surface area contributed by atoms with Crippen LogP contribution in [-0.4, -0.2) is 22.5 Å². The van der Waals surface area contributed by atoms with Crippen LogP contribution in [0.25, 0.3) is 11.3 Å². The molecule has 0 radical (unpaired) electrons. The monoisotopic (exact) mass is 417 g/mol. The van der Waals surface area contributed by atoms with Crippen molar-refractivity contribution in [3.8, 4) is 11.3 Å². The highest BCUT2D eigenvalue weighted by atomic mass is 35.5. The number of halogens is 1. The van der Waals surface area contributed by atoms with Crippen molar-refractivity contribution in [2.75, 3.05) is 11.5 Å². The van der Waals surface area contributed by atoms with Crippen molar-refractivity contribution in [3.05, 3.63) is 76.8 Å². The van der Waals surface area contributed by atoms with Crippen LogP contribution in [0.4, 0.5) is 0 Å². The highest BCUT2D eigenvalue weighted by Gasteiger charge is 2.19. The second-order valence-corrected chi connectivity index (χ2v) is 9.06. The van der Waals surface area contributed by atoms with E-state index in [1.165, 1.54) is 17.1 Å². The molecule has 138 valence electrons. The Labute approximate surface area is 170 Å². The Morgan fingerprint density at radius 3 is 2.52 bits per heavy atom. The number of benzene rings is 2. The number of hydrogen-bond donors (Lipinski definition) is 0. The zero-order valence-electron chi connectivity index (χ0n) is 14.3. The number of esters is 1. The number of rotatable bonds is 5. The van der Waals surface area contributed by atoms with Crippen LogP contribution in [0.3, 0.4) is 0 Å². The van der Waals surface area contributed by atoms with Gasteiger partial charge in [0.1, 0.15) is 0 Å². The maximum Gasteiger partial charge on any atom is 0.338 e. The smallest absolute Gasteiger partial charge is 0.338 e. The van der Waals surface area contributed by atoms with E-state index in [4.69, 9.17) is 20.8 Å². The van der Waals surface area contributed by atoms with Crippen molar-refractivity contribution in [2.45, 2.75) is 11.2 Å². The number of ether oxygens (including phenoxy) is 1. The summed E-state index contributed by atoms with van der Waals surface area (Å²) in [6.07, 6.45) is 1.61. The summed E-state index contributed by atoms with van der Waals surface area (Å²) in [7, 11) is 0. The molecule has 2 heterocycles. The predicted molar refractivity (Wildman–Crippen MR) is 110 cm³/mol. The molecule has 1 aromatic heterocycles. The molecule has 0 saturated carbocycles. The molecule has 2 aromatic carbocycles. The third-order valence-electron chi connectivity index (χ3n) is 4.05. The van der Waals surface area contributed by atoms with Gasteiger partial charge in [-0.15, -0.1) is 23.5 Å². The largest absolute Gasteiger partial charge is 0.452 e. The third-order valence-corrected chi connectivity index (χ3v) is 7.41. The zero-order chi connectivity index (χ0) is 18.6. The Balaban J connectivity index is 1.35. The summed E-state index contributed by atoms with van der Waals surface area (Å²) in [5, 5.41) is 0.656. The minimum atomic E-state index is -0.389. The lowest BCUT2D eigenvalue weighted by Gasteiger charge is -2.09. The molecule has 0 atom stereocenters. The number of carbonyl (C=O) groups is 1. The molecule has 0 amide bonds. The minimum Gasteiger partial charge on any atom is -0.452 e. The van der Waals surface area contributed by atoms with Gasteiger partial charge in [-0.2, -0.15) is 0 Å². The molecule has 7 heteroatoms. The first-order chi connectivity index (χ1) is 13.2. The van der Waals surface area contributed by atoms with Gasteiger partial charge in [0.2, 0.25) is 5.89 Å². The van der Waals surface area contributed by atoms with Gasteiger partial charge < -0.3 is 9.15 Å². The van der Waals surface area contributed by atoms with Crippen LogP contribution < -0.4 is 0 Å². The number of aromatic nitrogens is 1. The molecule has 1 fully saturated rings. The topological polar surface area (TPSA) is 52.3 Å². The van der Waals surface area contributed by atoms with Crippen molar-refractivity contribution in [1.82, 2.24) is 4.98 Å². The number of hydrogen-bond acceptors (Lipinski definition) is 6. The van der Waals surface area contributed by atoms with Gasteiger partial charge in [0, 0.05) is 22.1 Å². The lowest BCUT2D eigenvalue weighted by atomic mass is 10.1. The van der Waals surface area contributed by atoms with Gasteiger partial charge in [-0.3, -0.25) is 0 Å². The molecular weight excluding hydrogens is 402 g/mol. The summed E-state index contributed by atoms with van der Waals surface area (Å²) in [5.41, 5.74) is 2.62. The molecule has 0 unspecified atom stereocenters. The minimum absolute atomic E-state index is 0.0114. The zero-order valence-corrected chi connectivity index (χ0v) is 16.7. The van der Waals surface area contributed by atoms with Crippen LogP contribution in [0.15, 0.2) is 59.1 Å². The maximum absolute atomic E-state index is 12.2. The molecule has 3 aromatic rings. The number of nitrogens with zero attached hydrogens (tertiary/aromatic N) is 1. The molecule has 4 rings (SSSR count). The van der Waals surface area contributed by atoms with E-state index >= 15 is 0 Å². The molecule has 1 saturated heterocycles.